The van der Waals surface area contributed by atoms with Crippen molar-refractivity contribution < 1.29 is 66.7 Å². The van der Waals surface area contributed by atoms with Crippen LogP contribution in [0.1, 0.15) is 298 Å². The van der Waals surface area contributed by atoms with E-state index in [4.69, 9.17) is 33.2 Å². The van der Waals surface area contributed by atoms with Gasteiger partial charge in [0, 0.05) is 39.0 Å². The first-order valence-corrected chi connectivity index (χ1v) is 34.6. The molecule has 8 aliphatic carbocycles. The minimum Gasteiger partial charge on any atom is -0.457 e. The number of carbonyl (C=O) groups is 7. The average Bonchev–Trinajstić information content (AvgIpc) is 0.846. The normalized spacial score (nSPS) is 23.0. The molecule has 0 spiro atoms. The Hall–Kier alpha value is -5.53. The molecular formula is C78H128O14. The second-order valence-corrected chi connectivity index (χ2v) is 30.2. The lowest BCUT2D eigenvalue weighted by Crippen LogP contribution is -2.62. The van der Waals surface area contributed by atoms with Crippen molar-refractivity contribution in [3.05, 3.63) is 85.1 Å². The van der Waals surface area contributed by atoms with Crippen molar-refractivity contribution in [1.82, 2.24) is 0 Å². The minimum atomic E-state index is -0.407. The zero-order chi connectivity index (χ0) is 70.8. The molecule has 8 fully saturated rings. The van der Waals surface area contributed by atoms with Gasteiger partial charge >= 0.3 is 41.8 Å². The molecule has 92 heavy (non-hydrogen) atoms. The Bertz CT molecular complexity index is 2510. The summed E-state index contributed by atoms with van der Waals surface area (Å²) in [5.74, 6) is 1.62. The fourth-order valence-corrected chi connectivity index (χ4v) is 13.3. The first-order valence-electron chi connectivity index (χ1n) is 34.6. The van der Waals surface area contributed by atoms with Crippen LogP contribution in [0.25, 0.3) is 0 Å². The number of esters is 7. The van der Waals surface area contributed by atoms with E-state index in [0.717, 1.165) is 82.5 Å². The highest BCUT2D eigenvalue weighted by Crippen LogP contribution is 2.62. The highest BCUT2D eigenvalue weighted by Gasteiger charge is 2.61. The molecular weight excluding hydrogens is 1160 g/mol. The molecule has 4 bridgehead atoms. The van der Waals surface area contributed by atoms with Crippen molar-refractivity contribution in [1.29, 1.82) is 0 Å². The lowest BCUT2D eigenvalue weighted by Gasteiger charge is -2.61. The number of carbonyl (C=O) groups excluding carboxylic acids is 7. The number of hydrogen-bond donors (Lipinski definition) is 0. The lowest BCUT2D eigenvalue weighted by atomic mass is 9.47. The number of hydrogen-bond acceptors (Lipinski definition) is 14. The Kier molecular flexibility index (Phi) is 35.0. The van der Waals surface area contributed by atoms with Crippen LogP contribution in [0.4, 0.5) is 0 Å². The Balaban J connectivity index is 0.000000543. The quantitative estimate of drug-likeness (QED) is 0.0761. The second kappa shape index (κ2) is 38.1. The molecule has 0 aromatic rings. The molecule has 8 aliphatic rings. The highest BCUT2D eigenvalue weighted by molar-refractivity contribution is 5.90. The maximum Gasteiger partial charge on any atom is 0.333 e. The molecule has 8 saturated carbocycles. The van der Waals surface area contributed by atoms with Crippen molar-refractivity contribution in [3.63, 3.8) is 0 Å². The summed E-state index contributed by atoms with van der Waals surface area (Å²) in [5.41, 5.74) is 1.64. The van der Waals surface area contributed by atoms with Crippen LogP contribution >= 0.6 is 0 Å². The van der Waals surface area contributed by atoms with Gasteiger partial charge in [-0.3, -0.25) is 0 Å². The summed E-state index contributed by atoms with van der Waals surface area (Å²) in [6, 6.07) is 0. The Labute approximate surface area is 558 Å². The maximum absolute atomic E-state index is 12.1. The molecule has 0 aromatic carbocycles. The van der Waals surface area contributed by atoms with Crippen LogP contribution in [0, 0.1) is 29.6 Å². The summed E-state index contributed by atoms with van der Waals surface area (Å²) in [7, 11) is 0. The maximum atomic E-state index is 12.1. The Morgan fingerprint density at radius 1 is 0.380 bits per heavy atom. The molecule has 0 amide bonds. The van der Waals surface area contributed by atoms with Crippen molar-refractivity contribution in [2.24, 2.45) is 29.6 Å². The van der Waals surface area contributed by atoms with Gasteiger partial charge < -0.3 is 33.2 Å². The summed E-state index contributed by atoms with van der Waals surface area (Å²) in [4.78, 5) is 79.2. The first-order chi connectivity index (χ1) is 42.4. The van der Waals surface area contributed by atoms with Crippen LogP contribution in [-0.2, 0) is 66.7 Å². The molecule has 14 nitrogen and oxygen atoms in total. The molecule has 524 valence electrons. The van der Waals surface area contributed by atoms with Crippen molar-refractivity contribution >= 4 is 41.8 Å². The second-order valence-electron chi connectivity index (χ2n) is 30.2. The van der Waals surface area contributed by atoms with E-state index in [2.05, 4.69) is 73.7 Å². The summed E-state index contributed by atoms with van der Waals surface area (Å²) in [5, 5.41) is 0. The van der Waals surface area contributed by atoms with E-state index in [1.807, 2.05) is 55.4 Å². The largest absolute Gasteiger partial charge is 0.457 e. The topological polar surface area (TPSA) is 184 Å². The molecule has 0 atom stereocenters. The molecule has 0 aliphatic heterocycles. The lowest BCUT2D eigenvalue weighted by molar-refractivity contribution is -0.221. The SMILES string of the molecule is C=C(C)C(=O)OC(C)(C)C.C=C(C)C(=O)OC(C)(C)CC.C=C(C)C(=O)OC1(C(C)C)C2CC3CC(C2)CC1C3.C=C(C)C(=O)OC1(C)CCCC1.C=C(C)C(=O)OC1(C)CCCCC1.C=C(C)C(=O)OC1(CC)CCCC1.C=C(C)C(=O)OC1(CC)CCCCC1. The zero-order valence-corrected chi connectivity index (χ0v) is 61.4. The molecule has 0 N–H and O–H groups in total. The third-order valence-corrected chi connectivity index (χ3v) is 19.1. The smallest absolute Gasteiger partial charge is 0.333 e. The monoisotopic (exact) mass is 1290 g/mol. The Morgan fingerprint density at radius 3 is 0.902 bits per heavy atom. The summed E-state index contributed by atoms with van der Waals surface area (Å²) < 4.78 is 37.9. The zero-order valence-electron chi connectivity index (χ0n) is 61.4. The van der Waals surface area contributed by atoms with Gasteiger partial charge in [-0.1, -0.05) is 93.5 Å². The third kappa shape index (κ3) is 29.0. The van der Waals surface area contributed by atoms with Gasteiger partial charge in [-0.15, -0.1) is 0 Å². The van der Waals surface area contributed by atoms with E-state index in [1.165, 1.54) is 96.3 Å². The predicted molar refractivity (Wildman–Crippen MR) is 371 cm³/mol. The molecule has 0 radical (unpaired) electrons. The number of rotatable bonds is 17. The molecule has 0 saturated heterocycles. The highest BCUT2D eigenvalue weighted by atomic mass is 16.6. The van der Waals surface area contributed by atoms with Gasteiger partial charge in [-0.25, -0.2) is 33.6 Å². The van der Waals surface area contributed by atoms with Crippen molar-refractivity contribution in [3.8, 4) is 0 Å². The van der Waals surface area contributed by atoms with Gasteiger partial charge in [0.1, 0.15) is 39.2 Å². The van der Waals surface area contributed by atoms with E-state index < -0.39 is 5.60 Å². The molecule has 14 heteroatoms. The fraction of sp³-hybridized carbons (Fsp3) is 0.731. The summed E-state index contributed by atoms with van der Waals surface area (Å²) in [6.07, 6.45) is 29.1. The molecule has 0 aromatic heterocycles. The van der Waals surface area contributed by atoms with E-state index in [-0.39, 0.29) is 75.4 Å². The van der Waals surface area contributed by atoms with E-state index in [9.17, 15) is 33.6 Å². The van der Waals surface area contributed by atoms with Crippen LogP contribution in [0.5, 0.6) is 0 Å². The van der Waals surface area contributed by atoms with Gasteiger partial charge in [0.2, 0.25) is 0 Å². The van der Waals surface area contributed by atoms with Crippen molar-refractivity contribution in [2.75, 3.05) is 0 Å². The van der Waals surface area contributed by atoms with Crippen LogP contribution < -0.4 is 0 Å². The molecule has 8 rings (SSSR count). The first kappa shape index (κ1) is 84.5. The third-order valence-electron chi connectivity index (χ3n) is 19.1. The van der Waals surface area contributed by atoms with Crippen LogP contribution in [-0.4, -0.2) is 81.0 Å². The van der Waals surface area contributed by atoms with Gasteiger partial charge in [0.25, 0.3) is 0 Å². The van der Waals surface area contributed by atoms with Crippen LogP contribution in [0.15, 0.2) is 85.1 Å². The summed E-state index contributed by atoms with van der Waals surface area (Å²) in [6.45, 7) is 60.7. The van der Waals surface area contributed by atoms with Gasteiger partial charge in [0.15, 0.2) is 0 Å². The van der Waals surface area contributed by atoms with Gasteiger partial charge in [0.05, 0.1) is 0 Å². The minimum absolute atomic E-state index is 0.171. The van der Waals surface area contributed by atoms with E-state index in [1.54, 1.807) is 48.5 Å². The molecule has 0 heterocycles. The van der Waals surface area contributed by atoms with Crippen LogP contribution in [0.3, 0.4) is 0 Å². The average molecular weight is 1290 g/mol. The summed E-state index contributed by atoms with van der Waals surface area (Å²) >= 11 is 0. The van der Waals surface area contributed by atoms with Crippen molar-refractivity contribution in [2.45, 2.75) is 338 Å². The van der Waals surface area contributed by atoms with Crippen LogP contribution in [0.2, 0.25) is 0 Å². The number of ether oxygens (including phenoxy) is 7. The van der Waals surface area contributed by atoms with E-state index >= 15 is 0 Å². The van der Waals surface area contributed by atoms with Gasteiger partial charge in [-0.2, -0.15) is 0 Å². The predicted octanol–water partition coefficient (Wildman–Crippen LogP) is 19.5. The Morgan fingerprint density at radius 2 is 0.641 bits per heavy atom. The fourth-order valence-electron chi connectivity index (χ4n) is 13.3. The standard InChI is InChI=1S/C17H26O2.C12H20O2.2C11H18O2.C10H16O2.C9H16O2.C8H14O2/c1-10(2)16(18)19-17(11(3)4)14-6-12-5-13(8-14)9-15(17)7-12;1-4-12(8-6-5-7-9-12)14-11(13)10(2)3;1-9(2)10(12)13-11(3)7-5-4-6-8-11;1-4-11(7-5-6-8-11)13-10(12)9(2)3;1-8(2)9(11)12-10(3)6-4-5-7-10;1-6-9(4,5)11-8(10)7(2)3;1-6(2)7(9)10-8(3,4)5/h11-15H,1,5-9H2,2-4H3;2,4-9H2,1,3H3;1,4-8H2,2-3H3;2,4-8H2,1,3H3;1,4-7H2,2-3H3;2,6H2,1,3-5H3;1H2,2-5H3. The van der Waals surface area contributed by atoms with Gasteiger partial charge in [-0.05, 0) is 281 Å². The molecule has 0 unspecified atom stereocenters. The van der Waals surface area contributed by atoms with E-state index in [0.29, 0.717) is 56.8 Å².